The molecule has 174 valence electrons. The van der Waals surface area contributed by atoms with E-state index in [-0.39, 0.29) is 0 Å². The van der Waals surface area contributed by atoms with Crippen molar-refractivity contribution in [1.82, 2.24) is 10.6 Å². The number of ether oxygens (including phenoxy) is 4. The Hall–Kier alpha value is -3.87. The average Bonchev–Trinajstić information content (AvgIpc) is 2.87. The van der Waals surface area contributed by atoms with Crippen molar-refractivity contribution in [2.24, 2.45) is 4.99 Å². The van der Waals surface area contributed by atoms with Gasteiger partial charge in [-0.3, -0.25) is 4.99 Å². The third kappa shape index (κ3) is 6.80. The molecule has 3 aromatic rings. The van der Waals surface area contributed by atoms with Crippen LogP contribution in [0.15, 0.2) is 71.7 Å². The largest absolute Gasteiger partial charge is 0.493 e. The SMILES string of the molecule is CN=C(NCc1cccc(OCc2ccccc2)c1)NCc1cc(OC)c(OC)c(OC)c1. The highest BCUT2D eigenvalue weighted by atomic mass is 16.5. The standard InChI is InChI=1S/C26H31N3O4/c1-27-26(29-17-21-14-23(30-2)25(32-4)24(15-21)31-3)28-16-20-11-8-12-22(13-20)33-18-19-9-6-5-7-10-19/h5-15H,16-18H2,1-4H3,(H2,27,28,29). The first-order chi connectivity index (χ1) is 16.2. The van der Waals surface area contributed by atoms with E-state index in [4.69, 9.17) is 18.9 Å². The monoisotopic (exact) mass is 449 g/mol. The molecule has 0 atom stereocenters. The summed E-state index contributed by atoms with van der Waals surface area (Å²) < 4.78 is 22.2. The van der Waals surface area contributed by atoms with Gasteiger partial charge < -0.3 is 29.6 Å². The van der Waals surface area contributed by atoms with Gasteiger partial charge in [-0.05, 0) is 41.0 Å². The average molecular weight is 450 g/mol. The van der Waals surface area contributed by atoms with E-state index < -0.39 is 0 Å². The Morgan fingerprint density at radius 1 is 0.727 bits per heavy atom. The quantitative estimate of drug-likeness (QED) is 0.358. The number of hydrogen-bond acceptors (Lipinski definition) is 5. The molecule has 0 radical (unpaired) electrons. The Labute approximate surface area is 195 Å². The minimum Gasteiger partial charge on any atom is -0.493 e. The Balaban J connectivity index is 1.56. The molecule has 3 aromatic carbocycles. The fourth-order valence-electron chi connectivity index (χ4n) is 3.32. The molecular formula is C26H31N3O4. The summed E-state index contributed by atoms with van der Waals surface area (Å²) in [5.74, 6) is 3.31. The predicted octanol–water partition coefficient (Wildman–Crippen LogP) is 4.16. The molecule has 0 heterocycles. The lowest BCUT2D eigenvalue weighted by molar-refractivity contribution is 0.306. The van der Waals surface area contributed by atoms with E-state index >= 15 is 0 Å². The second-order valence-corrected chi connectivity index (χ2v) is 7.23. The van der Waals surface area contributed by atoms with Crippen LogP contribution in [-0.4, -0.2) is 34.3 Å². The van der Waals surface area contributed by atoms with Gasteiger partial charge in [0, 0.05) is 20.1 Å². The van der Waals surface area contributed by atoms with E-state index in [2.05, 4.69) is 33.8 Å². The number of guanidine groups is 1. The van der Waals surface area contributed by atoms with Gasteiger partial charge in [0.25, 0.3) is 0 Å². The van der Waals surface area contributed by atoms with Gasteiger partial charge in [0.1, 0.15) is 12.4 Å². The second-order valence-electron chi connectivity index (χ2n) is 7.23. The normalized spacial score (nSPS) is 11.0. The second kappa shape index (κ2) is 12.2. The van der Waals surface area contributed by atoms with Crippen LogP contribution in [0.1, 0.15) is 16.7 Å². The van der Waals surface area contributed by atoms with Crippen LogP contribution >= 0.6 is 0 Å². The minimum atomic E-state index is 0.537. The molecule has 7 heteroatoms. The summed E-state index contributed by atoms with van der Waals surface area (Å²) in [6.45, 7) is 1.68. The lowest BCUT2D eigenvalue weighted by atomic mass is 10.2. The van der Waals surface area contributed by atoms with Crippen molar-refractivity contribution in [3.8, 4) is 23.0 Å². The van der Waals surface area contributed by atoms with Crippen LogP contribution in [0.25, 0.3) is 0 Å². The molecule has 0 spiro atoms. The topological polar surface area (TPSA) is 73.3 Å². The molecule has 0 aliphatic carbocycles. The summed E-state index contributed by atoms with van der Waals surface area (Å²) in [6.07, 6.45) is 0. The van der Waals surface area contributed by atoms with E-state index in [9.17, 15) is 0 Å². The van der Waals surface area contributed by atoms with Crippen molar-refractivity contribution < 1.29 is 18.9 Å². The molecular weight excluding hydrogens is 418 g/mol. The van der Waals surface area contributed by atoms with Crippen LogP contribution in [0.4, 0.5) is 0 Å². The van der Waals surface area contributed by atoms with Gasteiger partial charge in [0.15, 0.2) is 17.5 Å². The van der Waals surface area contributed by atoms with Gasteiger partial charge in [0.05, 0.1) is 21.3 Å². The number of nitrogens with one attached hydrogen (secondary N) is 2. The first kappa shape index (κ1) is 23.8. The number of rotatable bonds is 10. The van der Waals surface area contributed by atoms with E-state index in [1.165, 1.54) is 0 Å². The summed E-state index contributed by atoms with van der Waals surface area (Å²) in [5, 5.41) is 6.65. The number of methoxy groups -OCH3 is 3. The van der Waals surface area contributed by atoms with Crippen LogP contribution in [0.5, 0.6) is 23.0 Å². The van der Waals surface area contributed by atoms with E-state index in [1.54, 1.807) is 28.4 Å². The summed E-state index contributed by atoms with van der Waals surface area (Å²) in [6, 6.07) is 22.0. The van der Waals surface area contributed by atoms with Gasteiger partial charge in [-0.25, -0.2) is 0 Å². The van der Waals surface area contributed by atoms with Crippen molar-refractivity contribution in [3.63, 3.8) is 0 Å². The summed E-state index contributed by atoms with van der Waals surface area (Å²) in [5.41, 5.74) is 3.21. The van der Waals surface area contributed by atoms with Gasteiger partial charge in [-0.15, -0.1) is 0 Å². The van der Waals surface area contributed by atoms with Gasteiger partial charge in [-0.1, -0.05) is 42.5 Å². The molecule has 0 unspecified atom stereocenters. The highest BCUT2D eigenvalue weighted by Crippen LogP contribution is 2.38. The molecule has 33 heavy (non-hydrogen) atoms. The summed E-state index contributed by atoms with van der Waals surface area (Å²) >= 11 is 0. The number of aliphatic imine (C=N–C) groups is 1. The summed E-state index contributed by atoms with van der Waals surface area (Å²) in [7, 11) is 6.54. The molecule has 0 amide bonds. The van der Waals surface area contributed by atoms with Crippen LogP contribution in [0.2, 0.25) is 0 Å². The minimum absolute atomic E-state index is 0.537. The zero-order valence-electron chi connectivity index (χ0n) is 19.6. The summed E-state index contributed by atoms with van der Waals surface area (Å²) in [4.78, 5) is 4.31. The van der Waals surface area contributed by atoms with Gasteiger partial charge >= 0.3 is 0 Å². The first-order valence-corrected chi connectivity index (χ1v) is 10.7. The molecule has 0 saturated carbocycles. The van der Waals surface area contributed by atoms with Crippen molar-refractivity contribution in [2.45, 2.75) is 19.7 Å². The fraction of sp³-hybridized carbons (Fsp3) is 0.269. The maximum Gasteiger partial charge on any atom is 0.203 e. The fourth-order valence-corrected chi connectivity index (χ4v) is 3.32. The highest BCUT2D eigenvalue weighted by molar-refractivity contribution is 5.79. The Morgan fingerprint density at radius 3 is 1.97 bits per heavy atom. The molecule has 0 saturated heterocycles. The Morgan fingerprint density at radius 2 is 1.36 bits per heavy atom. The lowest BCUT2D eigenvalue weighted by Crippen LogP contribution is -2.36. The van der Waals surface area contributed by atoms with E-state index in [0.29, 0.717) is 42.9 Å². The van der Waals surface area contributed by atoms with Crippen molar-refractivity contribution in [2.75, 3.05) is 28.4 Å². The molecule has 0 aliphatic rings. The van der Waals surface area contributed by atoms with E-state index in [0.717, 1.165) is 22.4 Å². The van der Waals surface area contributed by atoms with Crippen molar-refractivity contribution in [3.05, 3.63) is 83.4 Å². The molecule has 0 aliphatic heterocycles. The smallest absolute Gasteiger partial charge is 0.203 e. The van der Waals surface area contributed by atoms with Gasteiger partial charge in [0.2, 0.25) is 5.75 Å². The number of hydrogen-bond donors (Lipinski definition) is 2. The highest BCUT2D eigenvalue weighted by Gasteiger charge is 2.13. The van der Waals surface area contributed by atoms with E-state index in [1.807, 2.05) is 48.5 Å². The van der Waals surface area contributed by atoms with Crippen molar-refractivity contribution in [1.29, 1.82) is 0 Å². The third-order valence-electron chi connectivity index (χ3n) is 5.01. The number of nitrogens with zero attached hydrogens (tertiary/aromatic N) is 1. The van der Waals surface area contributed by atoms with Crippen LogP contribution in [0.3, 0.4) is 0 Å². The zero-order chi connectivity index (χ0) is 23.5. The molecule has 2 N–H and O–H groups in total. The Bertz CT molecular complexity index is 1030. The maximum atomic E-state index is 5.93. The predicted molar refractivity (Wildman–Crippen MR) is 130 cm³/mol. The molecule has 3 rings (SSSR count). The molecule has 0 bridgehead atoms. The number of benzene rings is 3. The zero-order valence-corrected chi connectivity index (χ0v) is 19.6. The molecule has 0 aromatic heterocycles. The first-order valence-electron chi connectivity index (χ1n) is 10.7. The van der Waals surface area contributed by atoms with Gasteiger partial charge in [-0.2, -0.15) is 0 Å². The maximum absolute atomic E-state index is 5.93. The van der Waals surface area contributed by atoms with Crippen LogP contribution in [0, 0.1) is 0 Å². The Kier molecular flexibility index (Phi) is 8.82. The molecule has 0 fully saturated rings. The molecule has 7 nitrogen and oxygen atoms in total. The lowest BCUT2D eigenvalue weighted by Gasteiger charge is -2.16. The van der Waals surface area contributed by atoms with Crippen LogP contribution < -0.4 is 29.6 Å². The van der Waals surface area contributed by atoms with Crippen LogP contribution in [-0.2, 0) is 19.7 Å². The third-order valence-corrected chi connectivity index (χ3v) is 5.01. The van der Waals surface area contributed by atoms with Crippen molar-refractivity contribution >= 4 is 5.96 Å².